The number of allylic oxidation sites excluding steroid dienone is 19. The summed E-state index contributed by atoms with van der Waals surface area (Å²) in [4.78, 5) is 38.3. The smallest absolute Gasteiger partial charge is 0.309 e. The molecule has 0 heterocycles. The molecule has 0 amide bonds. The van der Waals surface area contributed by atoms with Gasteiger partial charge in [0.1, 0.15) is 13.2 Å². The topological polar surface area (TPSA) is 78.9 Å². The van der Waals surface area contributed by atoms with Crippen molar-refractivity contribution in [3.63, 3.8) is 0 Å². The van der Waals surface area contributed by atoms with Crippen LogP contribution in [0, 0.1) is 0 Å². The summed E-state index contributed by atoms with van der Waals surface area (Å²) in [7, 11) is 0. The molecule has 0 spiro atoms. The van der Waals surface area contributed by atoms with Gasteiger partial charge in [-0.1, -0.05) is 309 Å². The minimum absolute atomic E-state index is 0.116. The molecule has 78 heavy (non-hydrogen) atoms. The maximum atomic E-state index is 12.9. The maximum absolute atomic E-state index is 12.9. The van der Waals surface area contributed by atoms with E-state index < -0.39 is 12.1 Å². The second kappa shape index (κ2) is 65.3. The molecule has 0 aliphatic carbocycles. The third-order valence-electron chi connectivity index (χ3n) is 13.7. The van der Waals surface area contributed by atoms with Gasteiger partial charge in [-0.25, -0.2) is 0 Å². The zero-order valence-corrected chi connectivity index (χ0v) is 50.9. The van der Waals surface area contributed by atoms with Gasteiger partial charge in [0, 0.05) is 12.8 Å². The van der Waals surface area contributed by atoms with Crippen molar-refractivity contribution in [2.75, 3.05) is 13.2 Å². The number of hydrogen-bond donors (Lipinski definition) is 0. The first-order chi connectivity index (χ1) is 38.5. The molecule has 0 N–H and O–H groups in total. The number of unbranched alkanes of at least 4 members (excludes halogenated alkanes) is 28. The Bertz CT molecular complexity index is 1620. The van der Waals surface area contributed by atoms with Crippen LogP contribution in [0.25, 0.3) is 0 Å². The monoisotopic (exact) mass is 1080 g/mol. The number of ether oxygens (including phenoxy) is 3. The molecule has 6 nitrogen and oxygen atoms in total. The molecule has 0 aromatic heterocycles. The van der Waals surface area contributed by atoms with E-state index in [4.69, 9.17) is 14.2 Å². The highest BCUT2D eigenvalue weighted by molar-refractivity contribution is 5.72. The number of carbonyl (C=O) groups excluding carboxylic acids is 3. The summed E-state index contributed by atoms with van der Waals surface area (Å²) in [5.41, 5.74) is 0. The zero-order valence-electron chi connectivity index (χ0n) is 50.9. The first-order valence-corrected chi connectivity index (χ1v) is 32.5. The minimum Gasteiger partial charge on any atom is -0.462 e. The van der Waals surface area contributed by atoms with Gasteiger partial charge in [0.15, 0.2) is 6.10 Å². The van der Waals surface area contributed by atoms with Gasteiger partial charge in [0.2, 0.25) is 0 Å². The Kier molecular flexibility index (Phi) is 61.8. The molecule has 0 aromatic carbocycles. The Morgan fingerprint density at radius 1 is 0.282 bits per heavy atom. The summed E-state index contributed by atoms with van der Waals surface area (Å²) in [6, 6.07) is 0. The lowest BCUT2D eigenvalue weighted by Gasteiger charge is -2.18. The van der Waals surface area contributed by atoms with Gasteiger partial charge >= 0.3 is 17.9 Å². The Morgan fingerprint density at radius 3 is 0.897 bits per heavy atom. The van der Waals surface area contributed by atoms with Crippen molar-refractivity contribution in [3.05, 3.63) is 122 Å². The predicted molar refractivity (Wildman–Crippen MR) is 339 cm³/mol. The fraction of sp³-hybridized carbons (Fsp3) is 0.681. The molecule has 0 saturated heterocycles. The van der Waals surface area contributed by atoms with E-state index in [1.165, 1.54) is 135 Å². The first kappa shape index (κ1) is 73.8. The summed E-state index contributed by atoms with van der Waals surface area (Å²) in [6.07, 6.45) is 91.0. The van der Waals surface area contributed by atoms with Crippen molar-refractivity contribution in [1.29, 1.82) is 0 Å². The fourth-order valence-corrected chi connectivity index (χ4v) is 8.96. The van der Waals surface area contributed by atoms with Crippen LogP contribution in [0.3, 0.4) is 0 Å². The summed E-state index contributed by atoms with van der Waals surface area (Å²) in [5.74, 6) is -1.06. The van der Waals surface area contributed by atoms with Crippen LogP contribution in [-0.4, -0.2) is 37.2 Å². The maximum Gasteiger partial charge on any atom is 0.309 e. The molecule has 6 heteroatoms. The van der Waals surface area contributed by atoms with Gasteiger partial charge in [-0.3, -0.25) is 14.4 Å². The fourth-order valence-electron chi connectivity index (χ4n) is 8.96. The molecule has 0 aromatic rings. The van der Waals surface area contributed by atoms with Crippen molar-refractivity contribution in [1.82, 2.24) is 0 Å². The van der Waals surface area contributed by atoms with Crippen molar-refractivity contribution in [3.8, 4) is 0 Å². The van der Waals surface area contributed by atoms with Gasteiger partial charge in [-0.05, 0) is 89.9 Å². The SMILES string of the molecule is CC/C=C\C/C=C\C/C=C\C/C=C\C/C=C\CCCCCCCC(=O)OC(COC(=O)C/C=C\C/C=C\C/C=C\C/C=C\C/C=C\CC)COC(=O)CCCCCCCCCCCCCCCCCCCCCCCCCC. The third kappa shape index (κ3) is 62.7. The molecular weight excluding hydrogens is 961 g/mol. The van der Waals surface area contributed by atoms with Crippen LogP contribution in [0.1, 0.15) is 297 Å². The lowest BCUT2D eigenvalue weighted by molar-refractivity contribution is -0.166. The molecule has 0 aliphatic rings. The number of rotatable bonds is 58. The molecule has 0 fully saturated rings. The van der Waals surface area contributed by atoms with E-state index in [0.717, 1.165) is 122 Å². The molecule has 0 saturated carbocycles. The average Bonchev–Trinajstić information content (AvgIpc) is 3.44. The molecule has 1 atom stereocenters. The van der Waals surface area contributed by atoms with E-state index in [1.807, 2.05) is 6.08 Å². The molecule has 0 bridgehead atoms. The van der Waals surface area contributed by atoms with Crippen molar-refractivity contribution in [2.24, 2.45) is 0 Å². The van der Waals surface area contributed by atoms with Crippen LogP contribution in [0.15, 0.2) is 122 Å². The van der Waals surface area contributed by atoms with Gasteiger partial charge in [0.05, 0.1) is 6.42 Å². The molecule has 444 valence electrons. The van der Waals surface area contributed by atoms with Gasteiger partial charge in [-0.15, -0.1) is 0 Å². The Morgan fingerprint density at radius 2 is 0.551 bits per heavy atom. The van der Waals surface area contributed by atoms with E-state index in [-0.39, 0.29) is 38.0 Å². The number of esters is 3. The standard InChI is InChI=1S/C72H120O6/c1-4-7-10-13-16-19-22-25-28-30-32-34-35-36-38-39-41-44-47-50-53-56-59-62-65-71(74)77-68-69(67-76-70(73)64-61-58-55-52-49-46-43-27-24-21-18-15-12-9-6-3)78-72(75)66-63-60-57-54-51-48-45-42-40-37-33-31-29-26-23-20-17-14-11-8-5-2/h8-9,11-12,17-18,20-21,26-27,29,33,37,42-43,45,49,52,58,61,69H,4-7,10,13-16,19,22-25,28,30-32,34-36,38-41,44,46-48,50-51,53-57,59-60,62-68H2,1-3H3/b11-8-,12-9-,20-17-,21-18-,29-26-,37-33-,43-27-,45-42-,52-49-,61-58-. The van der Waals surface area contributed by atoms with Gasteiger partial charge in [0.25, 0.3) is 0 Å². The van der Waals surface area contributed by atoms with Crippen molar-refractivity contribution < 1.29 is 28.6 Å². The Balaban J connectivity index is 4.43. The zero-order chi connectivity index (χ0) is 56.4. The molecule has 0 rings (SSSR count). The lowest BCUT2D eigenvalue weighted by Crippen LogP contribution is -2.30. The predicted octanol–water partition coefficient (Wildman–Crippen LogP) is 22.4. The largest absolute Gasteiger partial charge is 0.462 e. The van der Waals surface area contributed by atoms with Crippen LogP contribution >= 0.6 is 0 Å². The van der Waals surface area contributed by atoms with E-state index in [9.17, 15) is 14.4 Å². The molecule has 0 aliphatic heterocycles. The van der Waals surface area contributed by atoms with Crippen molar-refractivity contribution in [2.45, 2.75) is 303 Å². The van der Waals surface area contributed by atoms with Crippen LogP contribution in [-0.2, 0) is 28.6 Å². The minimum atomic E-state index is -0.832. The lowest BCUT2D eigenvalue weighted by atomic mass is 10.0. The highest BCUT2D eigenvalue weighted by Gasteiger charge is 2.19. The van der Waals surface area contributed by atoms with E-state index >= 15 is 0 Å². The first-order valence-electron chi connectivity index (χ1n) is 32.5. The summed E-state index contributed by atoms with van der Waals surface area (Å²) in [5, 5.41) is 0. The summed E-state index contributed by atoms with van der Waals surface area (Å²) < 4.78 is 16.8. The Labute approximate surface area is 482 Å². The second-order valence-electron chi connectivity index (χ2n) is 21.3. The molecular formula is C72H120O6. The highest BCUT2D eigenvalue weighted by atomic mass is 16.6. The number of carbonyl (C=O) groups is 3. The second-order valence-corrected chi connectivity index (χ2v) is 21.3. The van der Waals surface area contributed by atoms with E-state index in [2.05, 4.69) is 130 Å². The van der Waals surface area contributed by atoms with Crippen LogP contribution in [0.5, 0.6) is 0 Å². The van der Waals surface area contributed by atoms with E-state index in [0.29, 0.717) is 6.42 Å². The molecule has 0 radical (unpaired) electrons. The van der Waals surface area contributed by atoms with Gasteiger partial charge in [-0.2, -0.15) is 0 Å². The van der Waals surface area contributed by atoms with E-state index in [1.54, 1.807) is 6.08 Å². The molecule has 1 unspecified atom stereocenters. The van der Waals surface area contributed by atoms with Crippen molar-refractivity contribution >= 4 is 17.9 Å². The van der Waals surface area contributed by atoms with Crippen LogP contribution < -0.4 is 0 Å². The third-order valence-corrected chi connectivity index (χ3v) is 13.7. The summed E-state index contributed by atoms with van der Waals surface area (Å²) in [6.45, 7) is 6.34. The Hall–Kier alpha value is -4.19. The number of hydrogen-bond acceptors (Lipinski definition) is 6. The van der Waals surface area contributed by atoms with Crippen LogP contribution in [0.4, 0.5) is 0 Å². The average molecular weight is 1080 g/mol. The normalized spacial score (nSPS) is 12.9. The quantitative estimate of drug-likeness (QED) is 0.0261. The van der Waals surface area contributed by atoms with Gasteiger partial charge < -0.3 is 14.2 Å². The highest BCUT2D eigenvalue weighted by Crippen LogP contribution is 2.17. The summed E-state index contributed by atoms with van der Waals surface area (Å²) >= 11 is 0. The van der Waals surface area contributed by atoms with Crippen LogP contribution in [0.2, 0.25) is 0 Å².